The van der Waals surface area contributed by atoms with Crippen molar-refractivity contribution < 1.29 is 13.2 Å². The van der Waals surface area contributed by atoms with E-state index in [2.05, 4.69) is 32.1 Å². The maximum absolute atomic E-state index is 12.8. The van der Waals surface area contributed by atoms with E-state index in [9.17, 15) is 13.2 Å². The molecule has 0 bridgehead atoms. The van der Waals surface area contributed by atoms with E-state index in [0.717, 1.165) is 44.0 Å². The Bertz CT molecular complexity index is 920. The summed E-state index contributed by atoms with van der Waals surface area (Å²) in [5.41, 5.74) is 0.883. The summed E-state index contributed by atoms with van der Waals surface area (Å²) >= 11 is 0. The van der Waals surface area contributed by atoms with Crippen molar-refractivity contribution in [3.63, 3.8) is 0 Å². The third kappa shape index (κ3) is 5.76. The van der Waals surface area contributed by atoms with Gasteiger partial charge in [0.05, 0.1) is 18.3 Å². The van der Waals surface area contributed by atoms with E-state index in [1.54, 1.807) is 13.1 Å². The molecule has 1 saturated heterocycles. The summed E-state index contributed by atoms with van der Waals surface area (Å²) in [7, 11) is 3.63. The minimum absolute atomic E-state index is 0.312. The molecule has 1 aromatic carbocycles. The number of nitrogens with one attached hydrogen (secondary N) is 1. The largest absolute Gasteiger partial charge is 0.416 e. The van der Waals surface area contributed by atoms with Crippen molar-refractivity contribution in [2.24, 2.45) is 18.0 Å². The lowest BCUT2D eigenvalue weighted by Crippen LogP contribution is -2.40. The van der Waals surface area contributed by atoms with Crippen molar-refractivity contribution in [2.45, 2.75) is 19.0 Å². The summed E-state index contributed by atoms with van der Waals surface area (Å²) in [5.74, 6) is 6.95. The molecule has 1 unspecified atom stereocenters. The van der Waals surface area contributed by atoms with E-state index >= 15 is 0 Å². The molecule has 1 aliphatic heterocycles. The lowest BCUT2D eigenvalue weighted by atomic mass is 10.0. The van der Waals surface area contributed by atoms with Crippen LogP contribution >= 0.6 is 0 Å². The van der Waals surface area contributed by atoms with Crippen molar-refractivity contribution in [1.82, 2.24) is 20.0 Å². The maximum Gasteiger partial charge on any atom is 0.416 e. The van der Waals surface area contributed by atoms with Gasteiger partial charge in [-0.05, 0) is 42.5 Å². The topological polar surface area (TPSA) is 45.5 Å². The number of likely N-dealkylation sites (tertiary alicyclic amines) is 1. The summed E-state index contributed by atoms with van der Waals surface area (Å²) in [4.78, 5) is 6.49. The van der Waals surface area contributed by atoms with Crippen LogP contribution in [0.4, 0.5) is 13.2 Å². The molecule has 1 atom stereocenters. The first kappa shape index (κ1) is 20.8. The van der Waals surface area contributed by atoms with E-state index in [1.165, 1.54) is 11.6 Å². The molecule has 154 valence electrons. The van der Waals surface area contributed by atoms with Gasteiger partial charge in [0.15, 0.2) is 5.96 Å². The molecule has 29 heavy (non-hydrogen) atoms. The third-order valence-corrected chi connectivity index (χ3v) is 4.84. The van der Waals surface area contributed by atoms with Gasteiger partial charge in [-0.1, -0.05) is 17.9 Å². The van der Waals surface area contributed by atoms with Crippen LogP contribution in [0, 0.1) is 17.8 Å². The van der Waals surface area contributed by atoms with Crippen LogP contribution in [-0.2, 0) is 19.6 Å². The minimum Gasteiger partial charge on any atom is -0.345 e. The Morgan fingerprint density at radius 1 is 1.38 bits per heavy atom. The molecule has 5 nitrogen and oxygen atoms in total. The second kappa shape index (κ2) is 9.03. The smallest absolute Gasteiger partial charge is 0.345 e. The van der Waals surface area contributed by atoms with Gasteiger partial charge in [0.2, 0.25) is 0 Å². The van der Waals surface area contributed by atoms with Crippen LogP contribution in [0.25, 0.3) is 0 Å². The van der Waals surface area contributed by atoms with Gasteiger partial charge < -0.3 is 10.2 Å². The van der Waals surface area contributed by atoms with Gasteiger partial charge in [0.1, 0.15) is 0 Å². The summed E-state index contributed by atoms with van der Waals surface area (Å²) in [6.07, 6.45) is 1.64. The molecular formula is C21H24F3N5. The maximum atomic E-state index is 12.8. The molecule has 1 N–H and O–H groups in total. The van der Waals surface area contributed by atoms with Crippen LogP contribution in [0.3, 0.4) is 0 Å². The molecule has 1 aromatic heterocycles. The fourth-order valence-electron chi connectivity index (χ4n) is 3.48. The van der Waals surface area contributed by atoms with Crippen LogP contribution in [0.15, 0.2) is 41.7 Å². The number of alkyl halides is 3. The molecule has 0 saturated carbocycles. The Hall–Kier alpha value is -2.95. The highest BCUT2D eigenvalue weighted by atomic mass is 19.4. The van der Waals surface area contributed by atoms with Crippen molar-refractivity contribution in [2.75, 3.05) is 26.7 Å². The lowest BCUT2D eigenvalue weighted by molar-refractivity contribution is -0.137. The number of aliphatic imine (C=N–C) groups is 1. The van der Waals surface area contributed by atoms with Crippen molar-refractivity contribution in [3.05, 3.63) is 53.3 Å². The molecule has 1 fully saturated rings. The number of halogens is 3. The summed E-state index contributed by atoms with van der Waals surface area (Å²) in [6.45, 7) is 2.12. The lowest BCUT2D eigenvalue weighted by Gasteiger charge is -2.20. The first-order chi connectivity index (χ1) is 13.8. The zero-order chi connectivity index (χ0) is 20.9. The van der Waals surface area contributed by atoms with E-state index in [4.69, 9.17) is 0 Å². The molecule has 0 spiro atoms. The number of aromatic nitrogens is 2. The molecule has 0 aliphatic carbocycles. The standard InChI is InChI=1S/C21H24F3N5/c1-25-20(29-10-8-17(15-29)11-18-13-27-28(2)14-18)26-9-4-6-16-5-3-7-19(12-16)21(22,23)24/h3,5,7,12-14,17H,8-11,15H2,1-2H3,(H,25,26). The van der Waals surface area contributed by atoms with Crippen molar-refractivity contribution >= 4 is 5.96 Å². The average Bonchev–Trinajstić information content (AvgIpc) is 3.31. The number of hydrogen-bond donors (Lipinski definition) is 1. The van der Waals surface area contributed by atoms with Gasteiger partial charge in [0, 0.05) is 38.9 Å². The molecule has 0 amide bonds. The van der Waals surface area contributed by atoms with Crippen LogP contribution < -0.4 is 5.32 Å². The predicted octanol–water partition coefficient (Wildman–Crippen LogP) is 2.93. The van der Waals surface area contributed by atoms with Crippen molar-refractivity contribution in [3.8, 4) is 11.8 Å². The first-order valence-corrected chi connectivity index (χ1v) is 9.44. The van der Waals surface area contributed by atoms with Gasteiger partial charge in [-0.2, -0.15) is 18.3 Å². The summed E-state index contributed by atoms with van der Waals surface area (Å²) in [6, 6.07) is 5.04. The number of benzene rings is 1. The second-order valence-electron chi connectivity index (χ2n) is 7.11. The first-order valence-electron chi connectivity index (χ1n) is 9.44. The highest BCUT2D eigenvalue weighted by molar-refractivity contribution is 5.80. The average molecular weight is 403 g/mol. The fraction of sp³-hybridized carbons (Fsp3) is 0.429. The SMILES string of the molecule is CN=C(NCC#Cc1cccc(C(F)(F)F)c1)N1CCC(Cc2cnn(C)c2)C1. The Balaban J connectivity index is 1.51. The van der Waals surface area contributed by atoms with Crippen LogP contribution in [0.5, 0.6) is 0 Å². The number of nitrogens with zero attached hydrogens (tertiary/aromatic N) is 4. The summed E-state index contributed by atoms with van der Waals surface area (Å²) < 4.78 is 40.1. The highest BCUT2D eigenvalue weighted by Crippen LogP contribution is 2.29. The number of aryl methyl sites for hydroxylation is 1. The number of guanidine groups is 1. The monoisotopic (exact) mass is 403 g/mol. The Kier molecular flexibility index (Phi) is 6.47. The van der Waals surface area contributed by atoms with E-state index < -0.39 is 11.7 Å². The molecule has 8 heteroatoms. The van der Waals surface area contributed by atoms with E-state index in [-0.39, 0.29) is 0 Å². The highest BCUT2D eigenvalue weighted by Gasteiger charge is 2.30. The van der Waals surface area contributed by atoms with Gasteiger partial charge in [-0.3, -0.25) is 9.67 Å². The summed E-state index contributed by atoms with van der Waals surface area (Å²) in [5, 5.41) is 7.39. The number of rotatable bonds is 3. The predicted molar refractivity (Wildman–Crippen MR) is 106 cm³/mol. The molecule has 3 rings (SSSR count). The fourth-order valence-corrected chi connectivity index (χ4v) is 3.48. The molecule has 1 aliphatic rings. The zero-order valence-electron chi connectivity index (χ0n) is 16.5. The normalized spacial score (nSPS) is 17.2. The van der Waals surface area contributed by atoms with E-state index in [1.807, 2.05) is 24.1 Å². The van der Waals surface area contributed by atoms with Crippen LogP contribution in [0.1, 0.15) is 23.1 Å². The van der Waals surface area contributed by atoms with E-state index in [0.29, 0.717) is 18.0 Å². The zero-order valence-corrected chi connectivity index (χ0v) is 16.5. The molecular weight excluding hydrogens is 379 g/mol. The minimum atomic E-state index is -4.36. The van der Waals surface area contributed by atoms with Gasteiger partial charge in [-0.15, -0.1) is 0 Å². The van der Waals surface area contributed by atoms with Crippen LogP contribution in [-0.4, -0.2) is 47.3 Å². The van der Waals surface area contributed by atoms with Gasteiger partial charge in [0.25, 0.3) is 0 Å². The Labute approximate surface area is 168 Å². The Morgan fingerprint density at radius 3 is 2.90 bits per heavy atom. The second-order valence-corrected chi connectivity index (χ2v) is 7.11. The van der Waals surface area contributed by atoms with Crippen LogP contribution in [0.2, 0.25) is 0 Å². The number of hydrogen-bond acceptors (Lipinski definition) is 2. The van der Waals surface area contributed by atoms with Gasteiger partial charge in [-0.25, -0.2) is 0 Å². The third-order valence-electron chi connectivity index (χ3n) is 4.84. The molecule has 2 aromatic rings. The Morgan fingerprint density at radius 2 is 2.21 bits per heavy atom. The van der Waals surface area contributed by atoms with Gasteiger partial charge >= 0.3 is 6.18 Å². The molecule has 2 heterocycles. The molecule has 0 radical (unpaired) electrons. The quantitative estimate of drug-likeness (QED) is 0.487. The van der Waals surface area contributed by atoms with Crippen molar-refractivity contribution in [1.29, 1.82) is 0 Å².